The zero-order valence-corrected chi connectivity index (χ0v) is 16.2. The van der Waals surface area contributed by atoms with Gasteiger partial charge in [0.2, 0.25) is 10.0 Å². The van der Waals surface area contributed by atoms with Crippen LogP contribution >= 0.6 is 0 Å². The van der Waals surface area contributed by atoms with Gasteiger partial charge in [-0.15, -0.1) is 0 Å². The predicted molar refractivity (Wildman–Crippen MR) is 98.6 cm³/mol. The number of urea groups is 1. The number of morpholine rings is 1. The number of hydrogen-bond donors (Lipinski definition) is 2. The molecule has 0 saturated carbocycles. The molecule has 0 radical (unpaired) electrons. The smallest absolute Gasteiger partial charge is 0.315 e. The van der Waals surface area contributed by atoms with Crippen LogP contribution in [0.4, 0.5) is 4.79 Å². The molecule has 26 heavy (non-hydrogen) atoms. The van der Waals surface area contributed by atoms with Gasteiger partial charge in [0.1, 0.15) is 5.75 Å². The first kappa shape index (κ1) is 20.5. The molecule has 1 saturated heterocycles. The van der Waals surface area contributed by atoms with Gasteiger partial charge in [-0.3, -0.25) is 0 Å². The Balaban J connectivity index is 1.77. The van der Waals surface area contributed by atoms with Crippen LogP contribution in [0.2, 0.25) is 0 Å². The summed E-state index contributed by atoms with van der Waals surface area (Å²) < 4.78 is 37.0. The third-order valence-electron chi connectivity index (χ3n) is 4.06. The van der Waals surface area contributed by atoms with Crippen LogP contribution in [0.1, 0.15) is 19.4 Å². The number of amides is 2. The van der Waals surface area contributed by atoms with Crippen LogP contribution in [0.25, 0.3) is 0 Å². The highest BCUT2D eigenvalue weighted by atomic mass is 32.2. The number of hydrogen-bond acceptors (Lipinski definition) is 5. The van der Waals surface area contributed by atoms with Crippen molar-refractivity contribution in [2.45, 2.75) is 32.6 Å². The Hall–Kier alpha value is -1.84. The molecule has 1 fully saturated rings. The molecule has 9 heteroatoms. The number of nitrogens with one attached hydrogen (secondary N) is 2. The predicted octanol–water partition coefficient (Wildman–Crippen LogP) is 0.933. The summed E-state index contributed by atoms with van der Waals surface area (Å²) >= 11 is 0. The summed E-state index contributed by atoms with van der Waals surface area (Å²) in [5.41, 5.74) is 0.842. The zero-order chi connectivity index (χ0) is 19.2. The number of carbonyl (C=O) groups is 1. The topological polar surface area (TPSA) is 97.0 Å². The second kappa shape index (κ2) is 9.20. The third kappa shape index (κ3) is 5.86. The monoisotopic (exact) mass is 385 g/mol. The molecule has 1 heterocycles. The number of carbonyl (C=O) groups excluding carboxylic acids is 1. The number of rotatable bonds is 7. The van der Waals surface area contributed by atoms with E-state index < -0.39 is 16.1 Å². The van der Waals surface area contributed by atoms with E-state index in [9.17, 15) is 13.2 Å². The van der Waals surface area contributed by atoms with Gasteiger partial charge >= 0.3 is 6.03 Å². The molecule has 0 spiro atoms. The van der Waals surface area contributed by atoms with Crippen molar-refractivity contribution in [1.82, 2.24) is 14.9 Å². The Kier molecular flexibility index (Phi) is 7.24. The van der Waals surface area contributed by atoms with Crippen LogP contribution in [0, 0.1) is 0 Å². The van der Waals surface area contributed by atoms with E-state index in [0.29, 0.717) is 25.4 Å². The molecule has 1 aliphatic heterocycles. The fraction of sp³-hybridized carbons (Fsp3) is 0.588. The van der Waals surface area contributed by atoms with Crippen molar-refractivity contribution in [3.8, 4) is 5.75 Å². The Morgan fingerprint density at radius 1 is 1.23 bits per heavy atom. The van der Waals surface area contributed by atoms with Gasteiger partial charge in [0, 0.05) is 31.7 Å². The fourth-order valence-electron chi connectivity index (χ4n) is 2.87. The molecule has 0 aliphatic carbocycles. The molecule has 2 atom stereocenters. The van der Waals surface area contributed by atoms with E-state index in [1.807, 2.05) is 38.1 Å². The lowest BCUT2D eigenvalue weighted by Crippen LogP contribution is -2.50. The van der Waals surface area contributed by atoms with Crippen molar-refractivity contribution in [1.29, 1.82) is 0 Å². The minimum Gasteiger partial charge on any atom is -0.496 e. The van der Waals surface area contributed by atoms with Gasteiger partial charge in [0.15, 0.2) is 0 Å². The van der Waals surface area contributed by atoms with E-state index in [-0.39, 0.29) is 24.5 Å². The molecule has 146 valence electrons. The quantitative estimate of drug-likeness (QED) is 0.728. The summed E-state index contributed by atoms with van der Waals surface area (Å²) in [5.74, 6) is 0.542. The average Bonchev–Trinajstić information content (AvgIpc) is 2.59. The SMILES string of the molecule is COc1ccccc1CNC(=O)NCCS(=O)(=O)N1CC(C)OC(C)C1. The number of ether oxygens (including phenoxy) is 2. The molecular weight excluding hydrogens is 358 g/mol. The largest absolute Gasteiger partial charge is 0.496 e. The lowest BCUT2D eigenvalue weighted by atomic mass is 10.2. The van der Waals surface area contributed by atoms with Crippen LogP contribution in [-0.2, 0) is 21.3 Å². The highest BCUT2D eigenvalue weighted by molar-refractivity contribution is 7.89. The molecule has 2 rings (SSSR count). The molecule has 1 aromatic rings. The van der Waals surface area contributed by atoms with Gasteiger partial charge in [0.05, 0.1) is 25.1 Å². The fourth-order valence-corrected chi connectivity index (χ4v) is 4.36. The normalized spacial score (nSPS) is 21.2. The van der Waals surface area contributed by atoms with Gasteiger partial charge in [-0.25, -0.2) is 13.2 Å². The van der Waals surface area contributed by atoms with E-state index in [1.165, 1.54) is 4.31 Å². The first-order valence-electron chi connectivity index (χ1n) is 8.58. The zero-order valence-electron chi connectivity index (χ0n) is 15.4. The van der Waals surface area contributed by atoms with E-state index in [1.54, 1.807) is 7.11 Å². The van der Waals surface area contributed by atoms with Crippen LogP contribution in [0.3, 0.4) is 0 Å². The van der Waals surface area contributed by atoms with Crippen molar-refractivity contribution in [3.05, 3.63) is 29.8 Å². The highest BCUT2D eigenvalue weighted by Crippen LogP contribution is 2.16. The summed E-state index contributed by atoms with van der Waals surface area (Å²) in [6, 6.07) is 6.94. The van der Waals surface area contributed by atoms with Crippen molar-refractivity contribution in [2.24, 2.45) is 0 Å². The van der Waals surface area contributed by atoms with E-state index in [0.717, 1.165) is 5.56 Å². The number of sulfonamides is 1. The molecular formula is C17H27N3O5S. The maximum atomic E-state index is 12.4. The van der Waals surface area contributed by atoms with Crippen LogP contribution < -0.4 is 15.4 Å². The molecule has 8 nitrogen and oxygen atoms in total. The van der Waals surface area contributed by atoms with Crippen LogP contribution in [0.15, 0.2) is 24.3 Å². The van der Waals surface area contributed by atoms with E-state index in [2.05, 4.69) is 10.6 Å². The van der Waals surface area contributed by atoms with Gasteiger partial charge in [0.25, 0.3) is 0 Å². The first-order valence-corrected chi connectivity index (χ1v) is 10.2. The van der Waals surface area contributed by atoms with E-state index in [4.69, 9.17) is 9.47 Å². The summed E-state index contributed by atoms with van der Waals surface area (Å²) in [6.45, 7) is 4.71. The minimum atomic E-state index is -3.43. The standard InChI is InChI=1S/C17H27N3O5S/c1-13-11-20(12-14(2)25-13)26(22,23)9-8-18-17(21)19-10-15-6-4-5-7-16(15)24-3/h4-7,13-14H,8-12H2,1-3H3,(H2,18,19,21). The molecule has 1 aliphatic rings. The third-order valence-corrected chi connectivity index (χ3v) is 5.86. The Morgan fingerprint density at radius 3 is 2.54 bits per heavy atom. The molecule has 2 unspecified atom stereocenters. The summed E-state index contributed by atoms with van der Waals surface area (Å²) in [6.07, 6.45) is -0.267. The number of para-hydroxylation sites is 1. The minimum absolute atomic E-state index is 0.0419. The van der Waals surface area contributed by atoms with Gasteiger partial charge < -0.3 is 20.1 Å². The Bertz CT molecular complexity index is 700. The van der Waals surface area contributed by atoms with Crippen molar-refractivity contribution in [2.75, 3.05) is 32.5 Å². The van der Waals surface area contributed by atoms with Crippen LogP contribution in [0.5, 0.6) is 5.75 Å². The van der Waals surface area contributed by atoms with Gasteiger partial charge in [-0.1, -0.05) is 18.2 Å². The summed E-state index contributed by atoms with van der Waals surface area (Å²) in [5, 5.41) is 5.28. The Morgan fingerprint density at radius 2 is 1.88 bits per heavy atom. The number of benzene rings is 1. The lowest BCUT2D eigenvalue weighted by Gasteiger charge is -2.34. The first-order chi connectivity index (χ1) is 12.3. The molecule has 0 aromatic heterocycles. The number of nitrogens with zero attached hydrogens (tertiary/aromatic N) is 1. The van der Waals surface area contributed by atoms with Crippen molar-refractivity contribution in [3.63, 3.8) is 0 Å². The molecule has 2 N–H and O–H groups in total. The molecule has 2 amide bonds. The second-order valence-corrected chi connectivity index (χ2v) is 8.40. The van der Waals surface area contributed by atoms with Crippen molar-refractivity contribution >= 4 is 16.1 Å². The van der Waals surface area contributed by atoms with Crippen molar-refractivity contribution < 1.29 is 22.7 Å². The maximum absolute atomic E-state index is 12.4. The summed E-state index contributed by atoms with van der Waals surface area (Å²) in [7, 11) is -1.87. The van der Waals surface area contributed by atoms with Gasteiger partial charge in [-0.05, 0) is 19.9 Å². The molecule has 1 aromatic carbocycles. The van der Waals surface area contributed by atoms with Gasteiger partial charge in [-0.2, -0.15) is 4.31 Å². The summed E-state index contributed by atoms with van der Waals surface area (Å²) in [4.78, 5) is 11.9. The Labute approximate surface area is 154 Å². The average molecular weight is 385 g/mol. The highest BCUT2D eigenvalue weighted by Gasteiger charge is 2.30. The lowest BCUT2D eigenvalue weighted by molar-refractivity contribution is -0.0440. The van der Waals surface area contributed by atoms with E-state index >= 15 is 0 Å². The molecule has 0 bridgehead atoms. The second-order valence-electron chi connectivity index (χ2n) is 6.31. The van der Waals surface area contributed by atoms with Crippen LogP contribution in [-0.4, -0.2) is 63.5 Å². The maximum Gasteiger partial charge on any atom is 0.315 e. The number of methoxy groups -OCH3 is 1.